The zero-order valence-electron chi connectivity index (χ0n) is 4.95. The van der Waals surface area contributed by atoms with Crippen LogP contribution >= 0.6 is 0 Å². The van der Waals surface area contributed by atoms with Crippen LogP contribution in [-0.4, -0.2) is 44.9 Å². The maximum Gasteiger partial charge on any atom is 2.00 e. The summed E-state index contributed by atoms with van der Waals surface area (Å²) in [4.78, 5) is 0. The van der Waals surface area contributed by atoms with E-state index in [0.29, 0.717) is 0 Å². The normalized spacial score (nSPS) is 5.27. The van der Waals surface area contributed by atoms with Crippen molar-refractivity contribution in [2.75, 3.05) is 0 Å². The van der Waals surface area contributed by atoms with Gasteiger partial charge in [0.15, 0.2) is 0 Å². The van der Waals surface area contributed by atoms with Crippen LogP contribution in [0.4, 0.5) is 0 Å². The third-order valence-electron chi connectivity index (χ3n) is 0. The van der Waals surface area contributed by atoms with Gasteiger partial charge in [0.1, 0.15) is 0 Å². The summed E-state index contributed by atoms with van der Waals surface area (Å²) in [5, 5.41) is 0. The monoisotopic (exact) mass is 238 g/mol. The summed E-state index contributed by atoms with van der Waals surface area (Å²) in [5.41, 5.74) is 0. The molecule has 0 saturated carbocycles. The average molecular weight is 238 g/mol. The van der Waals surface area contributed by atoms with Gasteiger partial charge in [-0.3, -0.25) is 8.42 Å². The molecule has 0 aromatic heterocycles. The molecule has 0 aliphatic heterocycles. The van der Waals surface area contributed by atoms with Crippen molar-refractivity contribution in [2.24, 2.45) is 0 Å². The van der Waals surface area contributed by atoms with E-state index in [2.05, 4.69) is 0 Å². The zero-order chi connectivity index (χ0) is 4.50. The van der Waals surface area contributed by atoms with E-state index in [9.17, 15) is 0 Å². The van der Waals surface area contributed by atoms with Crippen LogP contribution in [0.15, 0.2) is 0 Å². The Kier molecular flexibility index (Phi) is 135. The number of hydrogen-bond acceptors (Lipinski definition) is 4. The van der Waals surface area contributed by atoms with Gasteiger partial charge in [-0.15, -0.1) is 0 Å². The van der Waals surface area contributed by atoms with E-state index in [0.717, 1.165) is 0 Å². The van der Waals surface area contributed by atoms with Crippen molar-refractivity contribution in [3.05, 3.63) is 0 Å². The third kappa shape index (κ3) is 16700. The van der Waals surface area contributed by atoms with Crippen LogP contribution in [0.3, 0.4) is 0 Å². The second kappa shape index (κ2) is 22.5. The first-order valence-corrected chi connectivity index (χ1v) is 2.00. The van der Waals surface area contributed by atoms with Crippen LogP contribution < -0.4 is 0 Å². The Morgan fingerprint density at radius 1 is 0.727 bits per heavy atom. The van der Waals surface area contributed by atoms with Crippen molar-refractivity contribution in [1.29, 1.82) is 0 Å². The Balaban J connectivity index is -0.00000000533. The molecule has 0 rings (SSSR count). The van der Waals surface area contributed by atoms with Crippen LogP contribution in [-0.2, 0) is 27.8 Å². The van der Waals surface area contributed by atoms with Gasteiger partial charge in [-0.05, 0) is 0 Å². The summed E-state index contributed by atoms with van der Waals surface area (Å²) in [6.07, 6.45) is 0. The Morgan fingerprint density at radius 2 is 0.727 bits per heavy atom. The molecular formula is H10CrO9S. The van der Waals surface area contributed by atoms with E-state index >= 15 is 0 Å². The minimum Gasteiger partial charge on any atom is -0.759 e. The van der Waals surface area contributed by atoms with E-state index in [1.807, 2.05) is 0 Å². The van der Waals surface area contributed by atoms with E-state index < -0.39 is 10.4 Å². The first-order valence-electron chi connectivity index (χ1n) is 0.667. The minimum absolute atomic E-state index is 0. The fourth-order valence-electron chi connectivity index (χ4n) is 0. The molecule has 0 fully saturated rings. The predicted octanol–water partition coefficient (Wildman–Crippen LogP) is -5.46. The topological polar surface area (TPSA) is 238 Å². The van der Waals surface area contributed by atoms with Gasteiger partial charge in [0.05, 0.1) is 0 Å². The molecule has 0 radical (unpaired) electrons. The molecule has 9 nitrogen and oxygen atoms in total. The largest absolute Gasteiger partial charge is 2.00 e. The van der Waals surface area contributed by atoms with E-state index in [-0.39, 0.29) is 44.7 Å². The van der Waals surface area contributed by atoms with E-state index in [1.165, 1.54) is 0 Å². The molecule has 11 heavy (non-hydrogen) atoms. The maximum absolute atomic E-state index is 8.52. The third-order valence-corrected chi connectivity index (χ3v) is 0. The van der Waals surface area contributed by atoms with Gasteiger partial charge in [-0.25, -0.2) is 0 Å². The number of rotatable bonds is 0. The van der Waals surface area contributed by atoms with Gasteiger partial charge in [0, 0.05) is 10.4 Å². The molecule has 11 heteroatoms. The van der Waals surface area contributed by atoms with Crippen LogP contribution in [0, 0.1) is 0 Å². The SMILES string of the molecule is O.O.O.O.O.O=S(=O)([O-])[O-].[Cr+2]. The molecule has 0 amide bonds. The van der Waals surface area contributed by atoms with Gasteiger partial charge >= 0.3 is 17.4 Å². The minimum atomic E-state index is -5.17. The summed E-state index contributed by atoms with van der Waals surface area (Å²) in [7, 11) is -5.17. The first kappa shape index (κ1) is 66.0. The molecule has 10 N–H and O–H groups in total. The molecule has 0 aromatic rings. The molecule has 0 spiro atoms. The first-order chi connectivity index (χ1) is 2.00. The van der Waals surface area contributed by atoms with Gasteiger partial charge in [-0.2, -0.15) is 0 Å². The molecule has 0 aromatic carbocycles. The zero-order valence-corrected chi connectivity index (χ0v) is 7.04. The molecule has 0 bridgehead atoms. The second-order valence-electron chi connectivity index (χ2n) is 0.408. The van der Waals surface area contributed by atoms with Gasteiger partial charge in [-0.1, -0.05) is 0 Å². The van der Waals surface area contributed by atoms with Crippen molar-refractivity contribution in [2.45, 2.75) is 0 Å². The summed E-state index contributed by atoms with van der Waals surface area (Å²) < 4.78 is 34.1. The van der Waals surface area contributed by atoms with Crippen LogP contribution in [0.5, 0.6) is 0 Å². The molecule has 0 aliphatic rings. The van der Waals surface area contributed by atoms with Gasteiger partial charge < -0.3 is 36.5 Å². The maximum atomic E-state index is 8.52. The predicted molar refractivity (Wildman–Crippen MR) is 28.5 cm³/mol. The van der Waals surface area contributed by atoms with Crippen molar-refractivity contribution in [3.63, 3.8) is 0 Å². The van der Waals surface area contributed by atoms with Crippen LogP contribution in [0.1, 0.15) is 0 Å². The van der Waals surface area contributed by atoms with E-state index in [1.54, 1.807) is 0 Å². The standard InChI is InChI=1S/Cr.H2O4S.5H2O/c;1-5(2,3)4;;;;;/h;(H2,1,2,3,4);5*1H2/q+2;;;;;;/p-2. The van der Waals surface area contributed by atoms with Crippen molar-refractivity contribution in [1.82, 2.24) is 0 Å². The van der Waals surface area contributed by atoms with Crippen LogP contribution in [0.25, 0.3) is 0 Å². The fourth-order valence-corrected chi connectivity index (χ4v) is 0. The Morgan fingerprint density at radius 3 is 0.727 bits per heavy atom. The van der Waals surface area contributed by atoms with Gasteiger partial charge in [0.25, 0.3) is 0 Å². The molecule has 0 saturated heterocycles. The second-order valence-corrected chi connectivity index (χ2v) is 1.22. The number of hydrogen-bond donors (Lipinski definition) is 0. The van der Waals surface area contributed by atoms with Crippen molar-refractivity contribution >= 4 is 10.4 Å². The molecule has 0 unspecified atom stereocenters. The molecule has 0 aliphatic carbocycles. The van der Waals surface area contributed by atoms with Crippen LogP contribution in [0.2, 0.25) is 0 Å². The Bertz CT molecular complexity index is 92.7. The van der Waals surface area contributed by atoms with Crippen molar-refractivity contribution in [3.8, 4) is 0 Å². The summed E-state index contributed by atoms with van der Waals surface area (Å²) in [6.45, 7) is 0. The summed E-state index contributed by atoms with van der Waals surface area (Å²) in [5.74, 6) is 0. The fraction of sp³-hybridized carbons (Fsp3) is 0. The van der Waals surface area contributed by atoms with E-state index in [4.69, 9.17) is 17.5 Å². The summed E-state index contributed by atoms with van der Waals surface area (Å²) in [6, 6.07) is 0. The molecule has 0 heterocycles. The van der Waals surface area contributed by atoms with Gasteiger partial charge in [0.2, 0.25) is 0 Å². The van der Waals surface area contributed by atoms with Crippen molar-refractivity contribution < 1.29 is 62.3 Å². The molecular weight excluding hydrogens is 228 g/mol. The smallest absolute Gasteiger partial charge is 0.759 e. The summed E-state index contributed by atoms with van der Waals surface area (Å²) >= 11 is 0. The molecule has 76 valence electrons. The quantitative estimate of drug-likeness (QED) is 0.296. The Hall–Kier alpha value is 0.202. The Labute approximate surface area is 73.3 Å². The average Bonchev–Trinajstić information content (AvgIpc) is 0.722. The molecule has 0 atom stereocenters.